The van der Waals surface area contributed by atoms with E-state index in [1.807, 2.05) is 6.07 Å². The number of aliphatic carboxylic acids is 1. The molecule has 0 aliphatic rings. The van der Waals surface area contributed by atoms with Crippen molar-refractivity contribution in [1.29, 1.82) is 5.26 Å². The first-order valence-corrected chi connectivity index (χ1v) is 4.86. The molecule has 1 aromatic rings. The second-order valence-corrected chi connectivity index (χ2v) is 3.97. The van der Waals surface area contributed by atoms with Crippen molar-refractivity contribution in [2.75, 3.05) is 0 Å². The number of hydrogen-bond acceptors (Lipinski definition) is 3. The summed E-state index contributed by atoms with van der Waals surface area (Å²) in [4.78, 5) is 10.9. The predicted octanol–water partition coefficient (Wildman–Crippen LogP) is 2.44. The standard InChI is InChI=1S/C9H7F2NO2S/c10-9(11)6(3-8(13)14)7-2-1-5(4-12)15-7/h1-2,6,9H,3H2,(H,13,14). The second kappa shape index (κ2) is 4.84. The van der Waals surface area contributed by atoms with Crippen LogP contribution in [-0.4, -0.2) is 17.5 Å². The van der Waals surface area contributed by atoms with Gasteiger partial charge in [-0.05, 0) is 12.1 Å². The van der Waals surface area contributed by atoms with Crippen molar-refractivity contribution in [3.63, 3.8) is 0 Å². The van der Waals surface area contributed by atoms with Crippen molar-refractivity contribution < 1.29 is 18.7 Å². The van der Waals surface area contributed by atoms with Crippen LogP contribution < -0.4 is 0 Å². The molecule has 1 aromatic heterocycles. The molecule has 0 bridgehead atoms. The van der Waals surface area contributed by atoms with Gasteiger partial charge in [0.2, 0.25) is 6.43 Å². The molecule has 1 unspecified atom stereocenters. The third kappa shape index (κ3) is 2.99. The van der Waals surface area contributed by atoms with Crippen molar-refractivity contribution in [3.8, 4) is 6.07 Å². The maximum Gasteiger partial charge on any atom is 0.304 e. The molecule has 0 fully saturated rings. The molecule has 0 saturated carbocycles. The summed E-state index contributed by atoms with van der Waals surface area (Å²) < 4.78 is 25.0. The largest absolute Gasteiger partial charge is 0.481 e. The minimum absolute atomic E-state index is 0.240. The minimum Gasteiger partial charge on any atom is -0.481 e. The third-order valence-corrected chi connectivity index (χ3v) is 2.92. The van der Waals surface area contributed by atoms with Gasteiger partial charge in [0.05, 0.1) is 12.3 Å². The zero-order valence-electron chi connectivity index (χ0n) is 7.48. The topological polar surface area (TPSA) is 61.1 Å². The smallest absolute Gasteiger partial charge is 0.304 e. The quantitative estimate of drug-likeness (QED) is 0.865. The highest BCUT2D eigenvalue weighted by molar-refractivity contribution is 7.12. The Labute approximate surface area is 88.6 Å². The zero-order chi connectivity index (χ0) is 11.4. The predicted molar refractivity (Wildman–Crippen MR) is 50.0 cm³/mol. The molecule has 0 amide bonds. The van der Waals surface area contributed by atoms with Crippen molar-refractivity contribution in [1.82, 2.24) is 0 Å². The number of carbonyl (C=O) groups is 1. The second-order valence-electron chi connectivity index (χ2n) is 2.85. The molecule has 0 saturated heterocycles. The van der Waals surface area contributed by atoms with E-state index in [4.69, 9.17) is 10.4 Å². The summed E-state index contributed by atoms with van der Waals surface area (Å²) >= 11 is 0.907. The molecule has 1 heterocycles. The monoisotopic (exact) mass is 231 g/mol. The van der Waals surface area contributed by atoms with Crippen LogP contribution in [0.5, 0.6) is 0 Å². The summed E-state index contributed by atoms with van der Waals surface area (Å²) in [6, 6.07) is 4.61. The van der Waals surface area contributed by atoms with Gasteiger partial charge in [0.1, 0.15) is 10.9 Å². The van der Waals surface area contributed by atoms with Crippen LogP contribution in [0.3, 0.4) is 0 Å². The Hall–Kier alpha value is -1.48. The Kier molecular flexibility index (Phi) is 3.74. The first kappa shape index (κ1) is 11.6. The summed E-state index contributed by atoms with van der Waals surface area (Å²) in [5, 5.41) is 17.0. The van der Waals surface area contributed by atoms with Gasteiger partial charge >= 0.3 is 5.97 Å². The number of thiophene rings is 1. The summed E-state index contributed by atoms with van der Waals surface area (Å²) in [6.07, 6.45) is -3.35. The fourth-order valence-electron chi connectivity index (χ4n) is 1.11. The highest BCUT2D eigenvalue weighted by atomic mass is 32.1. The lowest BCUT2D eigenvalue weighted by molar-refractivity contribution is -0.138. The molecule has 80 valence electrons. The molecule has 0 radical (unpaired) electrons. The van der Waals surface area contributed by atoms with Crippen LogP contribution in [-0.2, 0) is 4.79 Å². The molecular weight excluding hydrogens is 224 g/mol. The van der Waals surface area contributed by atoms with Gasteiger partial charge in [-0.3, -0.25) is 4.79 Å². The molecule has 0 aliphatic carbocycles. The number of halogens is 2. The number of nitriles is 1. The normalized spacial score (nSPS) is 12.4. The first-order valence-electron chi connectivity index (χ1n) is 4.04. The number of rotatable bonds is 4. The van der Waals surface area contributed by atoms with E-state index in [2.05, 4.69) is 0 Å². The van der Waals surface area contributed by atoms with Crippen LogP contribution in [0.25, 0.3) is 0 Å². The Morgan fingerprint density at radius 2 is 2.27 bits per heavy atom. The Bertz CT molecular complexity index is 397. The first-order chi connectivity index (χ1) is 7.04. The Morgan fingerprint density at radius 3 is 2.67 bits per heavy atom. The van der Waals surface area contributed by atoms with E-state index in [9.17, 15) is 13.6 Å². The molecule has 6 heteroatoms. The van der Waals surface area contributed by atoms with Crippen LogP contribution in [0.2, 0.25) is 0 Å². The van der Waals surface area contributed by atoms with Gasteiger partial charge in [0.25, 0.3) is 0 Å². The molecule has 0 aliphatic heterocycles. The number of hydrogen-bond donors (Lipinski definition) is 1. The highest BCUT2D eigenvalue weighted by Gasteiger charge is 2.26. The van der Waals surface area contributed by atoms with Gasteiger partial charge in [-0.25, -0.2) is 8.78 Å². The van der Waals surface area contributed by atoms with Gasteiger partial charge in [0, 0.05) is 4.88 Å². The average molecular weight is 231 g/mol. The minimum atomic E-state index is -2.73. The van der Waals surface area contributed by atoms with Crippen molar-refractivity contribution in [2.45, 2.75) is 18.8 Å². The lowest BCUT2D eigenvalue weighted by Gasteiger charge is -2.10. The van der Waals surface area contributed by atoms with Crippen LogP contribution >= 0.6 is 11.3 Å². The lowest BCUT2D eigenvalue weighted by atomic mass is 10.0. The molecule has 1 atom stereocenters. The fraction of sp³-hybridized carbons (Fsp3) is 0.333. The fourth-order valence-corrected chi connectivity index (χ4v) is 2.02. The van der Waals surface area contributed by atoms with E-state index in [1.165, 1.54) is 12.1 Å². The van der Waals surface area contributed by atoms with E-state index in [1.54, 1.807) is 0 Å². The van der Waals surface area contributed by atoms with Crippen molar-refractivity contribution >= 4 is 17.3 Å². The zero-order valence-corrected chi connectivity index (χ0v) is 8.30. The van der Waals surface area contributed by atoms with E-state index in [0.29, 0.717) is 4.88 Å². The van der Waals surface area contributed by atoms with E-state index < -0.39 is 24.7 Å². The molecule has 0 aromatic carbocycles. The molecule has 15 heavy (non-hydrogen) atoms. The van der Waals surface area contributed by atoms with E-state index in [-0.39, 0.29) is 4.88 Å². The third-order valence-electron chi connectivity index (χ3n) is 1.80. The van der Waals surface area contributed by atoms with Gasteiger partial charge in [-0.2, -0.15) is 5.26 Å². The summed E-state index contributed by atoms with van der Waals surface area (Å²) in [5.41, 5.74) is 0. The number of nitrogens with zero attached hydrogens (tertiary/aromatic N) is 1. The molecular formula is C9H7F2NO2S. The molecule has 0 spiro atoms. The Morgan fingerprint density at radius 1 is 1.60 bits per heavy atom. The van der Waals surface area contributed by atoms with Crippen LogP contribution in [0.15, 0.2) is 12.1 Å². The molecule has 1 rings (SSSR count). The highest BCUT2D eigenvalue weighted by Crippen LogP contribution is 2.32. The number of carboxylic acids is 1. The summed E-state index contributed by atoms with van der Waals surface area (Å²) in [6.45, 7) is 0. The number of alkyl halides is 2. The van der Waals surface area contributed by atoms with E-state index >= 15 is 0 Å². The summed E-state index contributed by atoms with van der Waals surface area (Å²) in [5.74, 6) is -2.60. The van der Waals surface area contributed by atoms with E-state index in [0.717, 1.165) is 11.3 Å². The average Bonchev–Trinajstić information content (AvgIpc) is 2.61. The molecule has 1 N–H and O–H groups in total. The van der Waals surface area contributed by atoms with Gasteiger partial charge in [0.15, 0.2) is 0 Å². The SMILES string of the molecule is N#Cc1ccc(C(CC(=O)O)C(F)F)s1. The van der Waals surface area contributed by atoms with Crippen LogP contribution in [0, 0.1) is 11.3 Å². The van der Waals surface area contributed by atoms with Crippen LogP contribution in [0.1, 0.15) is 22.1 Å². The van der Waals surface area contributed by atoms with Gasteiger partial charge in [-0.1, -0.05) is 0 Å². The number of carboxylic acid groups (broad SMARTS) is 1. The van der Waals surface area contributed by atoms with Crippen molar-refractivity contribution in [3.05, 3.63) is 21.9 Å². The van der Waals surface area contributed by atoms with Crippen molar-refractivity contribution in [2.24, 2.45) is 0 Å². The summed E-state index contributed by atoms with van der Waals surface area (Å²) in [7, 11) is 0. The van der Waals surface area contributed by atoms with Crippen LogP contribution in [0.4, 0.5) is 8.78 Å². The van der Waals surface area contributed by atoms with Gasteiger partial charge in [-0.15, -0.1) is 11.3 Å². The van der Waals surface area contributed by atoms with Gasteiger partial charge < -0.3 is 5.11 Å². The maximum absolute atomic E-state index is 12.5. The molecule has 3 nitrogen and oxygen atoms in total. The Balaban J connectivity index is 2.89. The maximum atomic E-state index is 12.5. The lowest BCUT2D eigenvalue weighted by Crippen LogP contribution is -2.12.